The van der Waals surface area contributed by atoms with Crippen molar-refractivity contribution in [3.8, 4) is 5.75 Å². The zero-order valence-corrected chi connectivity index (χ0v) is 11.7. The molecule has 3 nitrogen and oxygen atoms in total. The monoisotopic (exact) mass is 295 g/mol. The Labute approximate surface area is 109 Å². The number of hydrogen-bond donors (Lipinski definition) is 0. The summed E-state index contributed by atoms with van der Waals surface area (Å²) in [6.07, 6.45) is 0. The first-order valence-electron chi connectivity index (χ1n) is 5.38. The Balaban J connectivity index is 2.07. The van der Waals surface area contributed by atoms with Gasteiger partial charge in [0.25, 0.3) is 0 Å². The molecule has 0 bridgehead atoms. The highest BCUT2D eigenvalue weighted by molar-refractivity contribution is 9.10. The highest BCUT2D eigenvalue weighted by Gasteiger charge is 2.07. The molecular formula is C13H14BrNO2. The van der Waals surface area contributed by atoms with Crippen LogP contribution in [0.25, 0.3) is 0 Å². The Morgan fingerprint density at radius 3 is 2.65 bits per heavy atom. The van der Waals surface area contributed by atoms with Crippen molar-refractivity contribution < 1.29 is 9.15 Å². The second-order valence-electron chi connectivity index (χ2n) is 3.97. The molecule has 0 amide bonds. The lowest BCUT2D eigenvalue weighted by Gasteiger charge is -2.06. The van der Waals surface area contributed by atoms with E-state index in [4.69, 9.17) is 9.15 Å². The quantitative estimate of drug-likeness (QED) is 0.860. The standard InChI is InChI=1S/C13H14BrNO2/c1-8-4-5-12(11(14)6-8)16-7-13-15-9(2)10(3)17-13/h4-6H,7H2,1-3H3. The number of ether oxygens (including phenoxy) is 1. The molecule has 1 aromatic carbocycles. The molecule has 1 aromatic heterocycles. The Bertz CT molecular complexity index is 515. The number of hydrogen-bond acceptors (Lipinski definition) is 3. The van der Waals surface area contributed by atoms with Gasteiger partial charge >= 0.3 is 0 Å². The van der Waals surface area contributed by atoms with Gasteiger partial charge in [-0.25, -0.2) is 4.98 Å². The van der Waals surface area contributed by atoms with E-state index in [1.165, 1.54) is 5.56 Å². The molecule has 2 aromatic rings. The van der Waals surface area contributed by atoms with Gasteiger partial charge < -0.3 is 9.15 Å². The lowest BCUT2D eigenvalue weighted by Crippen LogP contribution is -1.96. The third-order valence-electron chi connectivity index (χ3n) is 2.51. The molecule has 4 heteroatoms. The second kappa shape index (κ2) is 4.92. The number of aromatic nitrogens is 1. The average Bonchev–Trinajstić information content (AvgIpc) is 2.57. The lowest BCUT2D eigenvalue weighted by molar-refractivity contribution is 0.259. The third-order valence-corrected chi connectivity index (χ3v) is 3.13. The molecule has 0 spiro atoms. The fraction of sp³-hybridized carbons (Fsp3) is 0.308. The van der Waals surface area contributed by atoms with E-state index in [1.54, 1.807) is 0 Å². The van der Waals surface area contributed by atoms with Crippen LogP contribution >= 0.6 is 15.9 Å². The van der Waals surface area contributed by atoms with Crippen molar-refractivity contribution >= 4 is 15.9 Å². The fourth-order valence-electron chi connectivity index (χ4n) is 1.46. The number of rotatable bonds is 3. The van der Waals surface area contributed by atoms with Gasteiger partial charge in [-0.2, -0.15) is 0 Å². The van der Waals surface area contributed by atoms with Crippen molar-refractivity contribution in [1.29, 1.82) is 0 Å². The number of nitrogens with zero attached hydrogens (tertiary/aromatic N) is 1. The summed E-state index contributed by atoms with van der Waals surface area (Å²) in [5.74, 6) is 2.24. The van der Waals surface area contributed by atoms with Gasteiger partial charge in [0, 0.05) is 0 Å². The van der Waals surface area contributed by atoms with Crippen LogP contribution in [0.2, 0.25) is 0 Å². The fourth-order valence-corrected chi connectivity index (χ4v) is 2.07. The highest BCUT2D eigenvalue weighted by atomic mass is 79.9. The molecule has 17 heavy (non-hydrogen) atoms. The van der Waals surface area contributed by atoms with E-state index in [2.05, 4.69) is 20.9 Å². The van der Waals surface area contributed by atoms with Crippen molar-refractivity contribution in [1.82, 2.24) is 4.98 Å². The first-order chi connectivity index (χ1) is 8.06. The molecule has 0 radical (unpaired) electrons. The molecule has 0 atom stereocenters. The van der Waals surface area contributed by atoms with Crippen LogP contribution in [-0.2, 0) is 6.61 Å². The van der Waals surface area contributed by atoms with Gasteiger partial charge in [-0.15, -0.1) is 0 Å². The van der Waals surface area contributed by atoms with Crippen molar-refractivity contribution in [3.63, 3.8) is 0 Å². The summed E-state index contributed by atoms with van der Waals surface area (Å²) < 4.78 is 12.0. The predicted octanol–water partition coefficient (Wildman–Crippen LogP) is 3.94. The van der Waals surface area contributed by atoms with Crippen LogP contribution in [0.5, 0.6) is 5.75 Å². The SMILES string of the molecule is Cc1ccc(OCc2nc(C)c(C)o2)c(Br)c1. The van der Waals surface area contributed by atoms with Crippen molar-refractivity contribution in [2.45, 2.75) is 27.4 Å². The predicted molar refractivity (Wildman–Crippen MR) is 69.2 cm³/mol. The Morgan fingerprint density at radius 2 is 2.06 bits per heavy atom. The van der Waals surface area contributed by atoms with Gasteiger partial charge in [0.15, 0.2) is 6.61 Å². The molecule has 0 aliphatic rings. The van der Waals surface area contributed by atoms with Crippen LogP contribution in [0.15, 0.2) is 27.1 Å². The molecule has 0 fully saturated rings. The van der Waals surface area contributed by atoms with E-state index >= 15 is 0 Å². The molecule has 0 saturated carbocycles. The smallest absolute Gasteiger partial charge is 0.232 e. The summed E-state index contributed by atoms with van der Waals surface area (Å²) in [7, 11) is 0. The van der Waals surface area contributed by atoms with Crippen LogP contribution in [0.4, 0.5) is 0 Å². The second-order valence-corrected chi connectivity index (χ2v) is 4.83. The molecular weight excluding hydrogens is 282 g/mol. The van der Waals surface area contributed by atoms with Gasteiger partial charge in [-0.3, -0.25) is 0 Å². The maximum absolute atomic E-state index is 5.64. The van der Waals surface area contributed by atoms with Gasteiger partial charge in [-0.05, 0) is 54.4 Å². The van der Waals surface area contributed by atoms with Crippen LogP contribution in [0.1, 0.15) is 22.9 Å². The van der Waals surface area contributed by atoms with Crippen LogP contribution in [0.3, 0.4) is 0 Å². The van der Waals surface area contributed by atoms with Crippen LogP contribution in [0, 0.1) is 20.8 Å². The molecule has 90 valence electrons. The van der Waals surface area contributed by atoms with Crippen molar-refractivity contribution in [2.75, 3.05) is 0 Å². The highest BCUT2D eigenvalue weighted by Crippen LogP contribution is 2.26. The molecule has 0 N–H and O–H groups in total. The number of halogens is 1. The van der Waals surface area contributed by atoms with Gasteiger partial charge in [0.05, 0.1) is 10.2 Å². The van der Waals surface area contributed by atoms with Crippen molar-refractivity contribution in [3.05, 3.63) is 45.6 Å². The van der Waals surface area contributed by atoms with Gasteiger partial charge in [0.1, 0.15) is 11.5 Å². The third kappa shape index (κ3) is 2.88. The molecule has 0 aliphatic carbocycles. The van der Waals surface area contributed by atoms with E-state index in [1.807, 2.05) is 39.0 Å². The largest absolute Gasteiger partial charge is 0.483 e. The minimum atomic E-state index is 0.344. The van der Waals surface area contributed by atoms with E-state index in [9.17, 15) is 0 Å². The first-order valence-corrected chi connectivity index (χ1v) is 6.17. The first kappa shape index (κ1) is 12.2. The topological polar surface area (TPSA) is 35.3 Å². The average molecular weight is 296 g/mol. The number of benzene rings is 1. The normalized spacial score (nSPS) is 10.6. The Hall–Kier alpha value is -1.29. The van der Waals surface area contributed by atoms with Crippen molar-refractivity contribution in [2.24, 2.45) is 0 Å². The zero-order chi connectivity index (χ0) is 12.4. The molecule has 0 unspecified atom stereocenters. The summed E-state index contributed by atoms with van der Waals surface area (Å²) in [6, 6.07) is 5.95. The summed E-state index contributed by atoms with van der Waals surface area (Å²) in [4.78, 5) is 4.27. The Morgan fingerprint density at radius 1 is 1.29 bits per heavy atom. The van der Waals surface area contributed by atoms with Gasteiger partial charge in [-0.1, -0.05) is 6.07 Å². The molecule has 2 rings (SSSR count). The number of oxazole rings is 1. The molecule has 0 saturated heterocycles. The summed E-state index contributed by atoms with van der Waals surface area (Å²) in [5.41, 5.74) is 2.10. The minimum Gasteiger partial charge on any atom is -0.483 e. The van der Waals surface area contributed by atoms with E-state index in [-0.39, 0.29) is 0 Å². The zero-order valence-electron chi connectivity index (χ0n) is 10.1. The van der Waals surface area contributed by atoms with E-state index < -0.39 is 0 Å². The minimum absolute atomic E-state index is 0.344. The summed E-state index contributed by atoms with van der Waals surface area (Å²) in [5, 5.41) is 0. The maximum Gasteiger partial charge on any atom is 0.232 e. The number of aryl methyl sites for hydroxylation is 3. The van der Waals surface area contributed by atoms with Crippen LogP contribution in [-0.4, -0.2) is 4.98 Å². The molecule has 0 aliphatic heterocycles. The maximum atomic E-state index is 5.64. The summed E-state index contributed by atoms with van der Waals surface area (Å²) >= 11 is 3.46. The summed E-state index contributed by atoms with van der Waals surface area (Å²) in [6.45, 7) is 6.20. The lowest BCUT2D eigenvalue weighted by atomic mass is 10.2. The van der Waals surface area contributed by atoms with E-state index in [0.717, 1.165) is 21.7 Å². The van der Waals surface area contributed by atoms with E-state index in [0.29, 0.717) is 12.5 Å². The Kier molecular flexibility index (Phi) is 3.52. The van der Waals surface area contributed by atoms with Crippen LogP contribution < -0.4 is 4.74 Å². The van der Waals surface area contributed by atoms with Gasteiger partial charge in [0.2, 0.25) is 5.89 Å². The molecule has 1 heterocycles.